The Morgan fingerprint density at radius 3 is 2.58 bits per heavy atom. The molecule has 0 fully saturated rings. The summed E-state index contributed by atoms with van der Waals surface area (Å²) in [6.07, 6.45) is 0.464. The third-order valence-electron chi connectivity index (χ3n) is 4.13. The van der Waals surface area contributed by atoms with Crippen LogP contribution in [0, 0.1) is 0 Å². The number of nitrogens with zero attached hydrogens (tertiary/aromatic N) is 2. The number of sulfonamides is 1. The SMILES string of the molecule is CC[C@H](C(=O)NCCS(=O)(=O)N(C)C)N1Cc2ccccc2C1=O. The Hall–Kier alpha value is -1.93. The van der Waals surface area contributed by atoms with Gasteiger partial charge in [-0.05, 0) is 18.1 Å². The fourth-order valence-corrected chi connectivity index (χ4v) is 3.40. The van der Waals surface area contributed by atoms with Crippen LogP contribution in [0.3, 0.4) is 0 Å². The molecule has 24 heavy (non-hydrogen) atoms. The zero-order valence-electron chi connectivity index (χ0n) is 14.2. The number of hydrogen-bond donors (Lipinski definition) is 1. The van der Waals surface area contributed by atoms with Crippen LogP contribution in [0.15, 0.2) is 24.3 Å². The molecule has 2 rings (SSSR count). The van der Waals surface area contributed by atoms with Crippen LogP contribution in [0.2, 0.25) is 0 Å². The van der Waals surface area contributed by atoms with Crippen LogP contribution in [0.25, 0.3) is 0 Å². The van der Waals surface area contributed by atoms with Crippen LogP contribution in [0.5, 0.6) is 0 Å². The lowest BCUT2D eigenvalue weighted by molar-refractivity contribution is -0.125. The smallest absolute Gasteiger partial charge is 0.255 e. The molecule has 0 aliphatic carbocycles. The van der Waals surface area contributed by atoms with Crippen molar-refractivity contribution in [1.29, 1.82) is 0 Å². The normalized spacial score (nSPS) is 15.5. The Morgan fingerprint density at radius 1 is 1.33 bits per heavy atom. The van der Waals surface area contributed by atoms with E-state index in [9.17, 15) is 18.0 Å². The van der Waals surface area contributed by atoms with Crippen LogP contribution in [-0.4, -0.2) is 61.9 Å². The third kappa shape index (κ3) is 3.76. The summed E-state index contributed by atoms with van der Waals surface area (Å²) in [5.41, 5.74) is 1.53. The molecule has 0 radical (unpaired) electrons. The van der Waals surface area contributed by atoms with E-state index in [4.69, 9.17) is 0 Å². The van der Waals surface area contributed by atoms with Crippen molar-refractivity contribution in [3.05, 3.63) is 35.4 Å². The highest BCUT2D eigenvalue weighted by Crippen LogP contribution is 2.25. The molecular weight excluding hydrogens is 330 g/mol. The van der Waals surface area contributed by atoms with Gasteiger partial charge in [0, 0.05) is 32.7 Å². The topological polar surface area (TPSA) is 86.8 Å². The van der Waals surface area contributed by atoms with Crippen LogP contribution >= 0.6 is 0 Å². The monoisotopic (exact) mass is 353 g/mol. The molecule has 0 saturated heterocycles. The zero-order chi connectivity index (χ0) is 17.9. The standard InChI is InChI=1S/C16H23N3O4S/c1-4-14(15(20)17-9-10-24(22,23)18(2)3)19-11-12-7-5-6-8-13(12)16(19)21/h5-8,14H,4,9-11H2,1-3H3,(H,17,20)/t14-/m1/s1. The summed E-state index contributed by atoms with van der Waals surface area (Å²) in [4.78, 5) is 26.4. The van der Waals surface area contributed by atoms with Gasteiger partial charge in [0.25, 0.3) is 5.91 Å². The highest BCUT2D eigenvalue weighted by atomic mass is 32.2. The average molecular weight is 353 g/mol. The number of amides is 2. The van der Waals surface area contributed by atoms with Gasteiger partial charge in [0.1, 0.15) is 6.04 Å². The number of rotatable bonds is 7. The summed E-state index contributed by atoms with van der Waals surface area (Å²) in [6, 6.07) is 6.69. The average Bonchev–Trinajstić information content (AvgIpc) is 2.85. The van der Waals surface area contributed by atoms with Crippen molar-refractivity contribution in [2.75, 3.05) is 26.4 Å². The van der Waals surface area contributed by atoms with E-state index >= 15 is 0 Å². The second-order valence-electron chi connectivity index (χ2n) is 5.90. The van der Waals surface area contributed by atoms with Gasteiger partial charge in [0.2, 0.25) is 15.9 Å². The lowest BCUT2D eigenvalue weighted by atomic mass is 10.1. The van der Waals surface area contributed by atoms with Gasteiger partial charge in [0.05, 0.1) is 5.75 Å². The van der Waals surface area contributed by atoms with Crippen molar-refractivity contribution in [1.82, 2.24) is 14.5 Å². The van der Waals surface area contributed by atoms with E-state index in [1.165, 1.54) is 14.1 Å². The fourth-order valence-electron chi connectivity index (χ4n) is 2.68. The Bertz CT molecular complexity index is 731. The number of nitrogens with one attached hydrogen (secondary N) is 1. The Kier molecular flexibility index (Phi) is 5.61. The van der Waals surface area contributed by atoms with E-state index in [1.54, 1.807) is 17.0 Å². The molecule has 0 bridgehead atoms. The zero-order valence-corrected chi connectivity index (χ0v) is 15.0. The molecule has 1 aliphatic heterocycles. The van der Waals surface area contributed by atoms with Crippen molar-refractivity contribution in [3.8, 4) is 0 Å². The van der Waals surface area contributed by atoms with E-state index in [0.717, 1.165) is 9.87 Å². The summed E-state index contributed by atoms with van der Waals surface area (Å²) < 4.78 is 24.6. The number of benzene rings is 1. The summed E-state index contributed by atoms with van der Waals surface area (Å²) in [6.45, 7) is 2.25. The van der Waals surface area contributed by atoms with Crippen LogP contribution in [0.4, 0.5) is 0 Å². The summed E-state index contributed by atoms with van der Waals surface area (Å²) in [5, 5.41) is 2.63. The van der Waals surface area contributed by atoms with Gasteiger partial charge in [-0.3, -0.25) is 9.59 Å². The fraction of sp³-hybridized carbons (Fsp3) is 0.500. The minimum atomic E-state index is -3.36. The molecule has 0 saturated carbocycles. The first-order valence-corrected chi connectivity index (χ1v) is 9.45. The van der Waals surface area contributed by atoms with Crippen LogP contribution < -0.4 is 5.32 Å². The van der Waals surface area contributed by atoms with Gasteiger partial charge in [-0.2, -0.15) is 0 Å². The van der Waals surface area contributed by atoms with Crippen molar-refractivity contribution in [2.24, 2.45) is 0 Å². The van der Waals surface area contributed by atoms with Gasteiger partial charge in [-0.15, -0.1) is 0 Å². The lowest BCUT2D eigenvalue weighted by Gasteiger charge is -2.26. The number of fused-ring (bicyclic) bond motifs is 1. The predicted octanol–water partition coefficient (Wildman–Crippen LogP) is 0.429. The Morgan fingerprint density at radius 2 is 2.00 bits per heavy atom. The van der Waals surface area contributed by atoms with Gasteiger partial charge in [0.15, 0.2) is 0 Å². The first kappa shape index (κ1) is 18.4. The largest absolute Gasteiger partial charge is 0.353 e. The molecule has 2 amide bonds. The molecule has 1 aromatic carbocycles. The summed E-state index contributed by atoms with van der Waals surface area (Å²) in [7, 11) is -0.461. The van der Waals surface area contributed by atoms with E-state index in [1.807, 2.05) is 19.1 Å². The highest BCUT2D eigenvalue weighted by Gasteiger charge is 2.35. The van der Waals surface area contributed by atoms with Gasteiger partial charge >= 0.3 is 0 Å². The van der Waals surface area contributed by atoms with Crippen molar-refractivity contribution in [3.63, 3.8) is 0 Å². The van der Waals surface area contributed by atoms with Crippen LogP contribution in [-0.2, 0) is 21.4 Å². The van der Waals surface area contributed by atoms with Crippen molar-refractivity contribution >= 4 is 21.8 Å². The molecule has 0 aromatic heterocycles. The molecule has 1 aromatic rings. The molecule has 1 heterocycles. The van der Waals surface area contributed by atoms with E-state index < -0.39 is 16.1 Å². The highest BCUT2D eigenvalue weighted by molar-refractivity contribution is 7.89. The Labute approximate surface area is 142 Å². The molecular formula is C16H23N3O4S. The predicted molar refractivity (Wildman–Crippen MR) is 90.9 cm³/mol. The number of carbonyl (C=O) groups excluding carboxylic acids is 2. The summed E-state index contributed by atoms with van der Waals surface area (Å²) in [5.74, 6) is -0.655. The summed E-state index contributed by atoms with van der Waals surface area (Å²) >= 11 is 0. The molecule has 1 aliphatic rings. The maximum absolute atomic E-state index is 12.5. The minimum Gasteiger partial charge on any atom is -0.353 e. The van der Waals surface area contributed by atoms with Crippen molar-refractivity contribution < 1.29 is 18.0 Å². The maximum atomic E-state index is 12.5. The quantitative estimate of drug-likeness (QED) is 0.770. The van der Waals surface area contributed by atoms with Crippen LogP contribution in [0.1, 0.15) is 29.3 Å². The van der Waals surface area contributed by atoms with E-state index in [2.05, 4.69) is 5.32 Å². The first-order chi connectivity index (χ1) is 11.3. The second kappa shape index (κ2) is 7.31. The molecule has 132 valence electrons. The van der Waals surface area contributed by atoms with Gasteiger partial charge in [-0.25, -0.2) is 12.7 Å². The molecule has 0 spiro atoms. The van der Waals surface area contributed by atoms with Gasteiger partial charge < -0.3 is 10.2 Å². The van der Waals surface area contributed by atoms with Crippen molar-refractivity contribution in [2.45, 2.75) is 25.9 Å². The molecule has 1 N–H and O–H groups in total. The number of carbonyl (C=O) groups is 2. The number of hydrogen-bond acceptors (Lipinski definition) is 4. The molecule has 7 nitrogen and oxygen atoms in total. The molecule has 8 heteroatoms. The molecule has 1 atom stereocenters. The second-order valence-corrected chi connectivity index (χ2v) is 8.21. The maximum Gasteiger partial charge on any atom is 0.255 e. The third-order valence-corrected chi connectivity index (χ3v) is 5.96. The van der Waals surface area contributed by atoms with E-state index in [-0.39, 0.29) is 24.1 Å². The molecule has 0 unspecified atom stereocenters. The Balaban J connectivity index is 2.00. The minimum absolute atomic E-state index is 0.0187. The first-order valence-electron chi connectivity index (χ1n) is 7.84. The van der Waals surface area contributed by atoms with E-state index in [0.29, 0.717) is 18.5 Å². The van der Waals surface area contributed by atoms with Gasteiger partial charge in [-0.1, -0.05) is 25.1 Å². The lowest BCUT2D eigenvalue weighted by Crippen LogP contribution is -2.48.